The Balaban J connectivity index is 2.15. The number of hydrogen-bond donors (Lipinski definition) is 1. The molecule has 1 aromatic carbocycles. The second kappa shape index (κ2) is 4.81. The van der Waals surface area contributed by atoms with Gasteiger partial charge in [0.1, 0.15) is 0 Å². The van der Waals surface area contributed by atoms with Crippen LogP contribution in [0.4, 0.5) is 0 Å². The molecule has 0 aromatic heterocycles. The Labute approximate surface area is 102 Å². The van der Waals surface area contributed by atoms with Crippen LogP contribution in [-0.4, -0.2) is 49.0 Å². The van der Waals surface area contributed by atoms with Gasteiger partial charge in [0.2, 0.25) is 0 Å². The number of benzene rings is 1. The molecule has 16 heavy (non-hydrogen) atoms. The van der Waals surface area contributed by atoms with Crippen LogP contribution in [0.5, 0.6) is 5.75 Å². The zero-order chi connectivity index (χ0) is 11.5. The van der Waals surface area contributed by atoms with E-state index in [0.29, 0.717) is 10.1 Å². The predicted octanol–water partition coefficient (Wildman–Crippen LogP) is 0.969. The van der Waals surface area contributed by atoms with Crippen LogP contribution in [-0.2, 0) is 0 Å². The van der Waals surface area contributed by atoms with Crippen LogP contribution in [0, 0.1) is 0 Å². The summed E-state index contributed by atoms with van der Waals surface area (Å²) in [6, 6.07) is 6.46. The molecule has 1 aliphatic heterocycles. The molecule has 84 valence electrons. The van der Waals surface area contributed by atoms with Crippen molar-refractivity contribution in [3.63, 3.8) is 0 Å². The fourth-order valence-corrected chi connectivity index (χ4v) is 2.46. The van der Waals surface area contributed by atoms with E-state index >= 15 is 0 Å². The number of rotatable bonds is 3. The fourth-order valence-electron chi connectivity index (χ4n) is 1.83. The Morgan fingerprint density at radius 3 is 2.62 bits per heavy atom. The van der Waals surface area contributed by atoms with Crippen molar-refractivity contribution in [1.29, 1.82) is 0 Å². The molecule has 0 amide bonds. The normalized spacial score (nSPS) is 15.1. The van der Waals surface area contributed by atoms with Crippen molar-refractivity contribution in [1.82, 2.24) is 4.90 Å². The van der Waals surface area contributed by atoms with E-state index in [4.69, 9.17) is 0 Å². The first-order valence-corrected chi connectivity index (χ1v) is 6.17. The molecule has 1 saturated heterocycles. The Morgan fingerprint density at radius 2 is 2.00 bits per heavy atom. The summed E-state index contributed by atoms with van der Waals surface area (Å²) in [7, 11) is 0. The minimum absolute atomic E-state index is 0.0437. The topological polar surface area (TPSA) is 40.5 Å². The van der Waals surface area contributed by atoms with Gasteiger partial charge in [0.15, 0.2) is 0 Å². The third-order valence-corrected chi connectivity index (χ3v) is 3.63. The molecule has 1 heterocycles. The number of carbonyl (C=O) groups excluding carboxylic acids is 1. The molecule has 2 rings (SSSR count). The third kappa shape index (κ3) is 2.34. The molecule has 0 saturated carbocycles. The van der Waals surface area contributed by atoms with Gasteiger partial charge in [-0.25, -0.2) is 0 Å². The predicted molar refractivity (Wildman–Crippen MR) is 64.0 cm³/mol. The van der Waals surface area contributed by atoms with E-state index in [0.717, 1.165) is 25.9 Å². The Morgan fingerprint density at radius 1 is 1.31 bits per heavy atom. The van der Waals surface area contributed by atoms with Crippen LogP contribution in [0.2, 0.25) is 0 Å². The molecule has 1 fully saturated rings. The van der Waals surface area contributed by atoms with E-state index < -0.39 is 0 Å². The van der Waals surface area contributed by atoms with E-state index in [1.165, 1.54) is 6.07 Å². The summed E-state index contributed by atoms with van der Waals surface area (Å²) < 4.78 is 0.656. The molecule has 0 bridgehead atoms. The molecule has 0 atom stereocenters. The van der Waals surface area contributed by atoms with Crippen LogP contribution >= 0.6 is 0 Å². The molecule has 0 radical (unpaired) electrons. The molecule has 0 spiro atoms. The zero-order valence-electron chi connectivity index (χ0n) is 8.85. The number of nitrogens with zero attached hydrogens (tertiary/aromatic N) is 1. The number of phenols is 1. The van der Waals surface area contributed by atoms with Crippen LogP contribution in [0.25, 0.3) is 0 Å². The van der Waals surface area contributed by atoms with Gasteiger partial charge < -0.3 is 0 Å². The number of phenolic OH excluding ortho intramolecular Hbond substituents is 1. The van der Waals surface area contributed by atoms with Crippen molar-refractivity contribution in [2.24, 2.45) is 0 Å². The molecule has 4 heteroatoms. The summed E-state index contributed by atoms with van der Waals surface area (Å²) in [5, 5.41) is 9.32. The van der Waals surface area contributed by atoms with E-state index in [9.17, 15) is 9.90 Å². The average Bonchev–Trinajstić information content (AvgIpc) is 2.80. The van der Waals surface area contributed by atoms with E-state index in [1.54, 1.807) is 18.2 Å². The van der Waals surface area contributed by atoms with Gasteiger partial charge >= 0.3 is 102 Å². The van der Waals surface area contributed by atoms with Gasteiger partial charge in [-0.05, 0) is 0 Å². The maximum absolute atomic E-state index is 12.1. The van der Waals surface area contributed by atoms with Crippen molar-refractivity contribution in [3.8, 4) is 5.75 Å². The van der Waals surface area contributed by atoms with Gasteiger partial charge in [-0.2, -0.15) is 0 Å². The van der Waals surface area contributed by atoms with Crippen molar-refractivity contribution >= 4 is 25.9 Å². The summed E-state index contributed by atoms with van der Waals surface area (Å²) in [5.74, 6) is 0.0814. The molecular weight excluding hydrogens is 269 g/mol. The molecule has 0 aliphatic carbocycles. The van der Waals surface area contributed by atoms with Crippen LogP contribution in [0.3, 0.4) is 0 Å². The first-order chi connectivity index (χ1) is 7.68. The van der Waals surface area contributed by atoms with Gasteiger partial charge in [-0.1, -0.05) is 0 Å². The zero-order valence-corrected chi connectivity index (χ0v) is 10.6. The van der Waals surface area contributed by atoms with Crippen molar-refractivity contribution in [2.75, 3.05) is 13.1 Å². The second-order valence-electron chi connectivity index (χ2n) is 3.88. The number of Topliss-reactive ketones (excluding diaryl/α,β-unsaturated/α-hetero) is 1. The van der Waals surface area contributed by atoms with Crippen LogP contribution < -0.4 is 0 Å². The Hall–Kier alpha value is -1.12. The van der Waals surface area contributed by atoms with E-state index in [2.05, 4.69) is 20.5 Å². The van der Waals surface area contributed by atoms with Gasteiger partial charge in [0.25, 0.3) is 0 Å². The standard InChI is InChI=1S/C12H13NO2Se/c14-10-5-3-4-9(8-10)11(15)12(16)13-6-1-2-7-13/h3-5,8,14H,1-2,6-7H2. The summed E-state index contributed by atoms with van der Waals surface area (Å²) in [4.78, 5) is 14.1. The van der Waals surface area contributed by atoms with Crippen molar-refractivity contribution < 1.29 is 9.90 Å². The van der Waals surface area contributed by atoms with Gasteiger partial charge in [0.05, 0.1) is 0 Å². The monoisotopic (exact) mass is 283 g/mol. The fraction of sp³-hybridized carbons (Fsp3) is 0.333. The van der Waals surface area contributed by atoms with Gasteiger partial charge in [-0.3, -0.25) is 0 Å². The van der Waals surface area contributed by atoms with E-state index in [-0.39, 0.29) is 11.5 Å². The van der Waals surface area contributed by atoms with E-state index in [1.807, 2.05) is 0 Å². The first-order valence-electron chi connectivity index (χ1n) is 5.31. The number of ketones is 1. The third-order valence-electron chi connectivity index (χ3n) is 2.70. The quantitative estimate of drug-likeness (QED) is 0.663. The number of likely N-dealkylation sites (tertiary alicyclic amines) is 1. The average molecular weight is 282 g/mol. The Kier molecular flexibility index (Phi) is 3.42. The number of aromatic hydroxyl groups is 1. The van der Waals surface area contributed by atoms with Crippen molar-refractivity contribution in [3.05, 3.63) is 29.8 Å². The molecule has 1 N–H and O–H groups in total. The number of carbonyl (C=O) groups is 1. The van der Waals surface area contributed by atoms with Crippen LogP contribution in [0.15, 0.2) is 24.3 Å². The SMILES string of the molecule is O=C(C(=[Se])N1CCCC1)c1cccc(O)c1. The molecular formula is C12H13NO2Se. The van der Waals surface area contributed by atoms with Crippen LogP contribution in [0.1, 0.15) is 23.2 Å². The molecule has 0 unspecified atom stereocenters. The Bertz CT molecular complexity index is 425. The maximum atomic E-state index is 12.1. The summed E-state index contributed by atoms with van der Waals surface area (Å²) >= 11 is 2.85. The summed E-state index contributed by atoms with van der Waals surface area (Å²) in [6.07, 6.45) is 2.27. The molecule has 1 aromatic rings. The van der Waals surface area contributed by atoms with Crippen molar-refractivity contribution in [2.45, 2.75) is 12.8 Å². The molecule has 1 aliphatic rings. The van der Waals surface area contributed by atoms with Gasteiger partial charge in [0, 0.05) is 0 Å². The summed E-state index contributed by atoms with van der Waals surface area (Å²) in [6.45, 7) is 1.87. The number of hydrogen-bond acceptors (Lipinski definition) is 3. The first kappa shape index (κ1) is 11.4. The second-order valence-corrected chi connectivity index (χ2v) is 4.69. The van der Waals surface area contributed by atoms with Gasteiger partial charge in [-0.15, -0.1) is 0 Å². The minimum atomic E-state index is -0.0437. The summed E-state index contributed by atoms with van der Waals surface area (Å²) in [5.41, 5.74) is 0.528. The molecule has 3 nitrogen and oxygen atoms in total.